The minimum absolute atomic E-state index is 0.0488. The third kappa shape index (κ3) is 5.37. The number of carbonyl (C=O) groups is 1. The second kappa shape index (κ2) is 9.13. The molecule has 0 bridgehead atoms. The molecule has 2 aromatic heterocycles. The van der Waals surface area contributed by atoms with Crippen LogP contribution in [0.3, 0.4) is 0 Å². The number of anilines is 1. The Bertz CT molecular complexity index is 1240. The van der Waals surface area contributed by atoms with Gasteiger partial charge in [-0.1, -0.05) is 23.8 Å². The maximum Gasteiger partial charge on any atom is 0.275 e. The van der Waals surface area contributed by atoms with Crippen LogP contribution in [0.25, 0.3) is 0 Å². The number of pyridine rings is 2. The molecule has 2 heterocycles. The van der Waals surface area contributed by atoms with E-state index in [1.165, 1.54) is 22.8 Å². The molecule has 1 atom stereocenters. The number of aromatic nitrogens is 2. The molecule has 0 radical (unpaired) electrons. The Labute approximate surface area is 181 Å². The number of amides is 1. The van der Waals surface area contributed by atoms with Crippen molar-refractivity contribution in [3.8, 4) is 0 Å². The van der Waals surface area contributed by atoms with Crippen molar-refractivity contribution in [1.29, 1.82) is 0 Å². The number of hydrogen-bond acceptors (Lipinski definition) is 5. The van der Waals surface area contributed by atoms with Crippen molar-refractivity contribution >= 4 is 21.6 Å². The topological polar surface area (TPSA) is 110 Å². The summed E-state index contributed by atoms with van der Waals surface area (Å²) >= 11 is 0. The summed E-state index contributed by atoms with van der Waals surface area (Å²) in [6.45, 7) is 5.10. The molecule has 2 N–H and O–H groups in total. The SMILES string of the molecule is Cc1ccc(S(=O)(=O)Nc2ccc(C)n(CC(=O)NC(C)c3cccnc3)c2=O)cc1. The Kier molecular flexibility index (Phi) is 6.55. The lowest BCUT2D eigenvalue weighted by Gasteiger charge is -2.16. The summed E-state index contributed by atoms with van der Waals surface area (Å²) in [5.74, 6) is -0.375. The predicted octanol–water partition coefficient (Wildman–Crippen LogP) is 2.54. The molecule has 162 valence electrons. The number of aryl methyl sites for hydroxylation is 2. The first kappa shape index (κ1) is 22.2. The molecule has 31 heavy (non-hydrogen) atoms. The molecule has 0 fully saturated rings. The first-order valence-corrected chi connectivity index (χ1v) is 11.1. The van der Waals surface area contributed by atoms with Crippen LogP contribution in [0.5, 0.6) is 0 Å². The van der Waals surface area contributed by atoms with Crippen molar-refractivity contribution in [2.24, 2.45) is 0 Å². The maximum absolute atomic E-state index is 12.9. The fourth-order valence-electron chi connectivity index (χ4n) is 3.01. The van der Waals surface area contributed by atoms with Gasteiger partial charge < -0.3 is 9.88 Å². The van der Waals surface area contributed by atoms with Gasteiger partial charge in [0.05, 0.1) is 10.9 Å². The molecule has 3 rings (SSSR count). The molecule has 0 spiro atoms. The van der Waals surface area contributed by atoms with E-state index in [-0.39, 0.29) is 29.1 Å². The fraction of sp³-hybridized carbons (Fsp3) is 0.227. The third-order valence-electron chi connectivity index (χ3n) is 4.83. The largest absolute Gasteiger partial charge is 0.348 e. The summed E-state index contributed by atoms with van der Waals surface area (Å²) in [7, 11) is -3.94. The zero-order valence-electron chi connectivity index (χ0n) is 17.5. The van der Waals surface area contributed by atoms with Crippen LogP contribution < -0.4 is 15.6 Å². The van der Waals surface area contributed by atoms with Crippen molar-refractivity contribution in [3.63, 3.8) is 0 Å². The van der Waals surface area contributed by atoms with Crippen molar-refractivity contribution < 1.29 is 13.2 Å². The molecule has 9 heteroatoms. The van der Waals surface area contributed by atoms with E-state index in [0.717, 1.165) is 11.1 Å². The summed E-state index contributed by atoms with van der Waals surface area (Å²) < 4.78 is 28.8. The zero-order valence-corrected chi connectivity index (χ0v) is 18.3. The highest BCUT2D eigenvalue weighted by Gasteiger charge is 2.18. The average Bonchev–Trinajstić information content (AvgIpc) is 2.74. The number of nitrogens with one attached hydrogen (secondary N) is 2. The van der Waals surface area contributed by atoms with E-state index in [1.54, 1.807) is 43.6 Å². The Hall–Kier alpha value is -3.46. The number of rotatable bonds is 7. The first-order chi connectivity index (χ1) is 14.7. The van der Waals surface area contributed by atoms with E-state index >= 15 is 0 Å². The molecule has 0 saturated heterocycles. The van der Waals surface area contributed by atoms with E-state index in [2.05, 4.69) is 15.0 Å². The number of carbonyl (C=O) groups excluding carboxylic acids is 1. The van der Waals surface area contributed by atoms with E-state index < -0.39 is 15.6 Å². The Morgan fingerprint density at radius 1 is 1.10 bits per heavy atom. The van der Waals surface area contributed by atoms with Crippen molar-refractivity contribution in [1.82, 2.24) is 14.9 Å². The Morgan fingerprint density at radius 2 is 1.81 bits per heavy atom. The van der Waals surface area contributed by atoms with Crippen LogP contribution in [-0.2, 0) is 21.4 Å². The van der Waals surface area contributed by atoms with Gasteiger partial charge in [-0.05, 0) is 56.7 Å². The number of hydrogen-bond donors (Lipinski definition) is 2. The van der Waals surface area contributed by atoms with Crippen LogP contribution in [0.4, 0.5) is 5.69 Å². The second-order valence-electron chi connectivity index (χ2n) is 7.27. The zero-order chi connectivity index (χ0) is 22.6. The average molecular weight is 441 g/mol. The molecule has 0 saturated carbocycles. The molecule has 1 unspecified atom stereocenters. The fourth-order valence-corrected chi connectivity index (χ4v) is 4.07. The summed E-state index contributed by atoms with van der Waals surface area (Å²) in [6, 6.07) is 12.6. The molecule has 0 aliphatic heterocycles. The molecular formula is C22H24N4O4S. The molecule has 1 aromatic carbocycles. The summed E-state index contributed by atoms with van der Waals surface area (Å²) in [4.78, 5) is 29.5. The molecule has 0 aliphatic rings. The van der Waals surface area contributed by atoms with Crippen LogP contribution in [0.1, 0.15) is 29.8 Å². The molecule has 0 aliphatic carbocycles. The van der Waals surface area contributed by atoms with Gasteiger partial charge in [-0.2, -0.15) is 0 Å². The van der Waals surface area contributed by atoms with E-state index in [0.29, 0.717) is 5.69 Å². The van der Waals surface area contributed by atoms with Crippen molar-refractivity contribution in [3.05, 3.63) is 88.1 Å². The van der Waals surface area contributed by atoms with Crippen LogP contribution in [0.2, 0.25) is 0 Å². The smallest absolute Gasteiger partial charge is 0.275 e. The standard InChI is InChI=1S/C22H24N4O4S/c1-15-6-9-19(10-7-15)31(29,30)25-20-11-8-16(2)26(22(20)28)14-21(27)24-17(3)18-5-4-12-23-13-18/h4-13,17,25H,14H2,1-3H3,(H,24,27). The quantitative estimate of drug-likeness (QED) is 0.587. The lowest BCUT2D eigenvalue weighted by molar-refractivity contribution is -0.122. The molecular weight excluding hydrogens is 416 g/mol. The molecule has 8 nitrogen and oxygen atoms in total. The number of benzene rings is 1. The lowest BCUT2D eigenvalue weighted by atomic mass is 10.1. The van der Waals surface area contributed by atoms with Crippen LogP contribution >= 0.6 is 0 Å². The number of nitrogens with zero attached hydrogens (tertiary/aromatic N) is 2. The Balaban J connectivity index is 1.80. The van der Waals surface area contributed by atoms with E-state index in [9.17, 15) is 18.0 Å². The van der Waals surface area contributed by atoms with Crippen molar-refractivity contribution in [2.75, 3.05) is 4.72 Å². The second-order valence-corrected chi connectivity index (χ2v) is 8.96. The normalized spacial score (nSPS) is 12.2. The van der Waals surface area contributed by atoms with Crippen LogP contribution in [0, 0.1) is 13.8 Å². The molecule has 1 amide bonds. The van der Waals surface area contributed by atoms with Gasteiger partial charge in [-0.25, -0.2) is 8.42 Å². The van der Waals surface area contributed by atoms with E-state index in [1.807, 2.05) is 19.9 Å². The highest BCUT2D eigenvalue weighted by Crippen LogP contribution is 2.15. The highest BCUT2D eigenvalue weighted by molar-refractivity contribution is 7.92. The summed E-state index contributed by atoms with van der Waals surface area (Å²) in [5.41, 5.74) is 1.56. The highest BCUT2D eigenvalue weighted by atomic mass is 32.2. The summed E-state index contributed by atoms with van der Waals surface area (Å²) in [6.07, 6.45) is 3.30. The van der Waals surface area contributed by atoms with Gasteiger partial charge in [-0.15, -0.1) is 0 Å². The van der Waals surface area contributed by atoms with E-state index in [4.69, 9.17) is 0 Å². The van der Waals surface area contributed by atoms with Gasteiger partial charge in [0.2, 0.25) is 5.91 Å². The third-order valence-corrected chi connectivity index (χ3v) is 6.21. The van der Waals surface area contributed by atoms with Gasteiger partial charge in [0.15, 0.2) is 0 Å². The minimum atomic E-state index is -3.94. The van der Waals surface area contributed by atoms with Crippen LogP contribution in [0.15, 0.2) is 70.6 Å². The maximum atomic E-state index is 12.9. The predicted molar refractivity (Wildman–Crippen MR) is 118 cm³/mol. The van der Waals surface area contributed by atoms with Gasteiger partial charge in [-0.3, -0.25) is 19.3 Å². The first-order valence-electron chi connectivity index (χ1n) is 9.66. The molecule has 3 aromatic rings. The monoisotopic (exact) mass is 440 g/mol. The van der Waals surface area contributed by atoms with Gasteiger partial charge >= 0.3 is 0 Å². The minimum Gasteiger partial charge on any atom is -0.348 e. The summed E-state index contributed by atoms with van der Waals surface area (Å²) in [5, 5.41) is 2.82. The number of sulfonamides is 1. The van der Waals surface area contributed by atoms with Gasteiger partial charge in [0.1, 0.15) is 12.2 Å². The lowest BCUT2D eigenvalue weighted by Crippen LogP contribution is -2.35. The van der Waals surface area contributed by atoms with Gasteiger partial charge in [0.25, 0.3) is 15.6 Å². The van der Waals surface area contributed by atoms with Crippen molar-refractivity contribution in [2.45, 2.75) is 38.3 Å². The Morgan fingerprint density at radius 3 is 2.45 bits per heavy atom. The van der Waals surface area contributed by atoms with Gasteiger partial charge in [0, 0.05) is 18.1 Å². The van der Waals surface area contributed by atoms with Crippen LogP contribution in [-0.4, -0.2) is 23.9 Å².